The van der Waals surface area contributed by atoms with E-state index in [9.17, 15) is 61.9 Å². The summed E-state index contributed by atoms with van der Waals surface area (Å²) in [6.07, 6.45) is -28.1. The number of nitrogens with one attached hydrogen (secondary N) is 1. The second-order valence-corrected chi connectivity index (χ2v) is 8.19. The minimum atomic E-state index is -7.54. The van der Waals surface area contributed by atoms with Gasteiger partial charge in [0, 0.05) is 16.3 Å². The number of hydrogen-bond acceptors (Lipinski definition) is 4. The van der Waals surface area contributed by atoms with E-state index in [1.165, 1.54) is 22.9 Å². The van der Waals surface area contributed by atoms with Crippen molar-refractivity contribution in [3.63, 3.8) is 0 Å². The normalized spacial score (nSPS) is 13.8. The van der Waals surface area contributed by atoms with Gasteiger partial charge in [0.2, 0.25) is 0 Å². The van der Waals surface area contributed by atoms with Gasteiger partial charge in [-0.1, -0.05) is 35.3 Å². The maximum atomic E-state index is 14.4. The number of halogens is 15. The smallest absolute Gasteiger partial charge is 0.482 e. The molecule has 0 radical (unpaired) electrons. The van der Waals surface area contributed by atoms with Gasteiger partial charge < -0.3 is 10.1 Å². The number of carbonyl (C=O) groups excluding carboxylic acids is 1. The number of ether oxygens (including phenoxy) is 3. The predicted octanol–water partition coefficient (Wildman–Crippen LogP) is 8.07. The molecule has 0 aliphatic carbocycles. The third-order valence-corrected chi connectivity index (χ3v) is 4.89. The van der Waals surface area contributed by atoms with E-state index >= 15 is 0 Å². The average Bonchev–Trinajstić information content (AvgIpc) is 2.76. The van der Waals surface area contributed by atoms with E-state index in [0.29, 0.717) is 6.07 Å². The molecular weight excluding hydrogens is 636 g/mol. The Bertz CT molecular complexity index is 1230. The summed E-state index contributed by atoms with van der Waals surface area (Å²) < 4.78 is 181. The fourth-order valence-corrected chi connectivity index (χ4v) is 3.02. The molecule has 0 unspecified atom stereocenters. The van der Waals surface area contributed by atoms with Crippen LogP contribution in [0.5, 0.6) is 5.75 Å². The van der Waals surface area contributed by atoms with Crippen LogP contribution in [0.1, 0.15) is 5.56 Å². The highest BCUT2D eigenvalue weighted by atomic mass is 35.5. The third-order valence-electron chi connectivity index (χ3n) is 4.36. The molecule has 0 aliphatic rings. The lowest BCUT2D eigenvalue weighted by atomic mass is 10.1. The lowest BCUT2D eigenvalue weighted by Crippen LogP contribution is -2.61. The number of anilines is 1. The van der Waals surface area contributed by atoms with Gasteiger partial charge in [-0.15, -0.1) is 13.2 Å². The largest absolute Gasteiger partial charge is 0.527 e. The first kappa shape index (κ1) is 33.5. The first-order valence-electron chi connectivity index (χ1n) is 9.76. The molecule has 0 spiro atoms. The quantitative estimate of drug-likeness (QED) is 0.251. The van der Waals surface area contributed by atoms with E-state index in [0.717, 1.165) is 6.07 Å². The van der Waals surface area contributed by atoms with Crippen LogP contribution in [0.25, 0.3) is 0 Å². The summed E-state index contributed by atoms with van der Waals surface area (Å²) in [6.45, 7) is -0.850. The summed E-state index contributed by atoms with van der Waals surface area (Å²) in [7, 11) is 0. The van der Waals surface area contributed by atoms with Crippen LogP contribution in [-0.4, -0.2) is 43.1 Å². The summed E-state index contributed by atoms with van der Waals surface area (Å²) in [5.41, 5.74) is -2.71. The second kappa shape index (κ2) is 11.3. The molecular formula is C20H10Cl2F13NO4. The maximum absolute atomic E-state index is 14.4. The highest BCUT2D eigenvalue weighted by Gasteiger charge is 2.80. The van der Waals surface area contributed by atoms with Crippen LogP contribution in [-0.2, 0) is 20.2 Å². The molecule has 20 heteroatoms. The van der Waals surface area contributed by atoms with Crippen molar-refractivity contribution in [2.75, 3.05) is 11.9 Å². The monoisotopic (exact) mass is 645 g/mol. The number of amides is 1. The number of alkyl halides is 13. The van der Waals surface area contributed by atoms with Crippen LogP contribution < -0.4 is 10.1 Å². The van der Waals surface area contributed by atoms with Crippen molar-refractivity contribution in [2.45, 2.75) is 36.5 Å². The molecule has 224 valence electrons. The van der Waals surface area contributed by atoms with Gasteiger partial charge in [-0.05, 0) is 30.3 Å². The average molecular weight is 646 g/mol. The minimum Gasteiger partial charge on any atom is -0.482 e. The van der Waals surface area contributed by atoms with Gasteiger partial charge in [0.25, 0.3) is 5.91 Å². The summed E-state index contributed by atoms with van der Waals surface area (Å²) in [6, 6.07) is 5.28. The summed E-state index contributed by atoms with van der Waals surface area (Å²) in [4.78, 5) is 12.0. The Morgan fingerprint density at radius 3 is 1.88 bits per heavy atom. The van der Waals surface area contributed by atoms with Crippen LogP contribution in [0.2, 0.25) is 10.0 Å². The standard InChI is InChI=1S/C20H10Cl2F13NO4/c21-10-4-5-13(12(22)7-10)38-8-14(37)36-11-3-1-2-9(6-11)15(23,24)17(27,28)39-18(29,30)16(25,26)19(31,32)40-20(33,34)35/h1-7H,8H2,(H,36,37). The lowest BCUT2D eigenvalue weighted by molar-refractivity contribution is -0.535. The fourth-order valence-electron chi connectivity index (χ4n) is 2.56. The molecule has 0 atom stereocenters. The van der Waals surface area contributed by atoms with Gasteiger partial charge in [-0.25, -0.2) is 9.47 Å². The van der Waals surface area contributed by atoms with Gasteiger partial charge in [-0.3, -0.25) is 4.79 Å². The molecule has 0 aliphatic heterocycles. The van der Waals surface area contributed by atoms with Crippen molar-refractivity contribution < 1.29 is 76.1 Å². The first-order chi connectivity index (χ1) is 17.9. The Labute approximate surface area is 223 Å². The van der Waals surface area contributed by atoms with Crippen molar-refractivity contribution in [3.8, 4) is 5.75 Å². The Hall–Kier alpha value is -2.70. The topological polar surface area (TPSA) is 56.8 Å². The minimum absolute atomic E-state index is 0.0299. The van der Waals surface area contributed by atoms with E-state index in [-0.39, 0.29) is 27.9 Å². The molecule has 40 heavy (non-hydrogen) atoms. The van der Waals surface area contributed by atoms with Gasteiger partial charge >= 0.3 is 36.5 Å². The summed E-state index contributed by atoms with van der Waals surface area (Å²) >= 11 is 11.5. The van der Waals surface area contributed by atoms with Gasteiger partial charge in [0.15, 0.2) is 6.61 Å². The van der Waals surface area contributed by atoms with Crippen molar-refractivity contribution in [2.24, 2.45) is 0 Å². The first-order valence-corrected chi connectivity index (χ1v) is 10.5. The molecule has 2 aromatic rings. The number of carbonyl (C=O) groups is 1. The molecule has 0 bridgehead atoms. The molecule has 0 saturated heterocycles. The summed E-state index contributed by atoms with van der Waals surface area (Å²) in [5.74, 6) is -14.8. The Kier molecular flexibility index (Phi) is 9.46. The van der Waals surface area contributed by atoms with Gasteiger partial charge in [-0.2, -0.15) is 43.9 Å². The van der Waals surface area contributed by atoms with Crippen LogP contribution in [0.3, 0.4) is 0 Å². The highest BCUT2D eigenvalue weighted by Crippen LogP contribution is 2.54. The molecule has 2 rings (SSSR count). The van der Waals surface area contributed by atoms with E-state index in [1.807, 2.05) is 10.1 Å². The number of benzene rings is 2. The number of hydrogen-bond donors (Lipinski definition) is 1. The van der Waals surface area contributed by atoms with E-state index < -0.39 is 60.3 Å². The molecule has 1 amide bonds. The van der Waals surface area contributed by atoms with Crippen molar-refractivity contribution >= 4 is 34.8 Å². The van der Waals surface area contributed by atoms with Gasteiger partial charge in [0.05, 0.1) is 5.02 Å². The van der Waals surface area contributed by atoms with Crippen LogP contribution >= 0.6 is 23.2 Å². The molecule has 0 fully saturated rings. The van der Waals surface area contributed by atoms with Crippen LogP contribution in [0, 0.1) is 0 Å². The van der Waals surface area contributed by atoms with E-state index in [2.05, 4.69) is 0 Å². The predicted molar refractivity (Wildman–Crippen MR) is 109 cm³/mol. The molecule has 5 nitrogen and oxygen atoms in total. The molecule has 0 heterocycles. The third kappa shape index (κ3) is 7.52. The zero-order chi connectivity index (χ0) is 30.9. The van der Waals surface area contributed by atoms with E-state index in [4.69, 9.17) is 27.9 Å². The Balaban J connectivity index is 2.22. The Morgan fingerprint density at radius 2 is 1.32 bits per heavy atom. The van der Waals surface area contributed by atoms with Crippen LogP contribution in [0.4, 0.5) is 62.8 Å². The molecule has 0 saturated carbocycles. The van der Waals surface area contributed by atoms with Gasteiger partial charge in [0.1, 0.15) is 5.75 Å². The van der Waals surface area contributed by atoms with Crippen molar-refractivity contribution in [1.29, 1.82) is 0 Å². The number of rotatable bonds is 11. The van der Waals surface area contributed by atoms with E-state index in [1.54, 1.807) is 0 Å². The maximum Gasteiger partial charge on any atom is 0.527 e. The van der Waals surface area contributed by atoms with Crippen molar-refractivity contribution in [3.05, 3.63) is 58.1 Å². The fraction of sp³-hybridized carbons (Fsp3) is 0.350. The zero-order valence-electron chi connectivity index (χ0n) is 18.6. The SMILES string of the molecule is O=C(COc1ccc(Cl)cc1Cl)Nc1cccc(C(F)(F)C(F)(F)OC(F)(F)C(F)(F)C(F)(F)OC(F)(F)F)c1. The van der Waals surface area contributed by atoms with Crippen molar-refractivity contribution in [1.82, 2.24) is 0 Å². The van der Waals surface area contributed by atoms with Crippen LogP contribution in [0.15, 0.2) is 42.5 Å². The molecule has 2 aromatic carbocycles. The zero-order valence-corrected chi connectivity index (χ0v) is 20.1. The highest BCUT2D eigenvalue weighted by molar-refractivity contribution is 6.35. The Morgan fingerprint density at radius 1 is 0.750 bits per heavy atom. The second-order valence-electron chi connectivity index (χ2n) is 7.34. The summed E-state index contributed by atoms with van der Waals surface area (Å²) in [5, 5.41) is 2.03. The lowest BCUT2D eigenvalue weighted by Gasteiger charge is -2.35. The molecule has 1 N–H and O–H groups in total. The molecule has 0 aromatic heterocycles.